The third-order valence-corrected chi connectivity index (χ3v) is 6.35. The molecule has 8 heteroatoms. The van der Waals surface area contributed by atoms with Gasteiger partial charge in [0.25, 0.3) is 0 Å². The predicted molar refractivity (Wildman–Crippen MR) is 104 cm³/mol. The molecule has 1 amide bonds. The highest BCUT2D eigenvalue weighted by atomic mass is 35.5. The Bertz CT molecular complexity index is 976. The molecular weight excluding hydrogens is 392 g/mol. The predicted octanol–water partition coefficient (Wildman–Crippen LogP) is 4.48. The zero-order valence-electron chi connectivity index (χ0n) is 13.8. The van der Waals surface area contributed by atoms with Gasteiger partial charge in [0, 0.05) is 11.6 Å². The van der Waals surface area contributed by atoms with E-state index >= 15 is 0 Å². The fourth-order valence-corrected chi connectivity index (χ4v) is 4.90. The van der Waals surface area contributed by atoms with Crippen molar-refractivity contribution in [2.24, 2.45) is 0 Å². The van der Waals surface area contributed by atoms with E-state index in [-0.39, 0.29) is 18.0 Å². The van der Waals surface area contributed by atoms with E-state index in [1.165, 1.54) is 11.8 Å². The fourth-order valence-electron chi connectivity index (χ4n) is 2.52. The summed E-state index contributed by atoms with van der Waals surface area (Å²) in [5.74, 6) is 1.41. The van der Waals surface area contributed by atoms with Crippen molar-refractivity contribution in [3.8, 4) is 11.5 Å². The number of carbonyl (C=O) groups is 1. The van der Waals surface area contributed by atoms with Crippen LogP contribution in [0.5, 0.6) is 11.5 Å². The molecule has 1 atom stereocenters. The Morgan fingerprint density at radius 3 is 3.04 bits per heavy atom. The Morgan fingerprint density at radius 2 is 2.15 bits per heavy atom. The van der Waals surface area contributed by atoms with E-state index in [1.807, 2.05) is 43.3 Å². The summed E-state index contributed by atoms with van der Waals surface area (Å²) in [6, 6.07) is 11.3. The van der Waals surface area contributed by atoms with Crippen LogP contribution in [0.15, 0.2) is 40.7 Å². The summed E-state index contributed by atoms with van der Waals surface area (Å²) in [5.41, 5.74) is 1.83. The Morgan fingerprint density at radius 1 is 1.31 bits per heavy atom. The minimum Gasteiger partial charge on any atom is -0.454 e. The van der Waals surface area contributed by atoms with Crippen molar-refractivity contribution < 1.29 is 14.3 Å². The maximum atomic E-state index is 12.4. The molecule has 0 fully saturated rings. The molecule has 1 aromatic heterocycles. The van der Waals surface area contributed by atoms with Gasteiger partial charge in [-0.3, -0.25) is 4.79 Å². The lowest BCUT2D eigenvalue weighted by atomic mass is 10.2. The van der Waals surface area contributed by atoms with E-state index in [1.54, 1.807) is 11.3 Å². The first kappa shape index (κ1) is 17.5. The largest absolute Gasteiger partial charge is 0.454 e. The number of carbonyl (C=O) groups excluding carboxylic acids is 1. The van der Waals surface area contributed by atoms with Crippen LogP contribution in [0.1, 0.15) is 12.5 Å². The van der Waals surface area contributed by atoms with Crippen molar-refractivity contribution in [2.45, 2.75) is 23.1 Å². The van der Waals surface area contributed by atoms with Gasteiger partial charge in [-0.1, -0.05) is 29.4 Å². The first-order valence-corrected chi connectivity index (χ1v) is 10.0. The standard InChI is InChI=1S/C18H15ClN2O3S2/c1-10(25-18-21-13-7-12(19)3-5-16(13)26-18)17(22)20-8-11-2-4-14-15(6-11)24-9-23-14/h2-7,10H,8-9H2,1H3,(H,20,22)/t10-/m0/s1. The summed E-state index contributed by atoms with van der Waals surface area (Å²) in [5, 5.41) is 3.36. The highest BCUT2D eigenvalue weighted by Crippen LogP contribution is 2.34. The first-order chi connectivity index (χ1) is 12.6. The van der Waals surface area contributed by atoms with Crippen LogP contribution in [0, 0.1) is 0 Å². The molecule has 2 aromatic carbocycles. The number of thiazole rings is 1. The Balaban J connectivity index is 1.36. The molecule has 0 aliphatic carbocycles. The minimum absolute atomic E-state index is 0.0371. The number of amides is 1. The molecule has 0 spiro atoms. The van der Waals surface area contributed by atoms with Crippen LogP contribution in [0.3, 0.4) is 0 Å². The van der Waals surface area contributed by atoms with Gasteiger partial charge < -0.3 is 14.8 Å². The number of thioether (sulfide) groups is 1. The third kappa shape index (κ3) is 3.75. The van der Waals surface area contributed by atoms with Gasteiger partial charge >= 0.3 is 0 Å². The summed E-state index contributed by atoms with van der Waals surface area (Å²) < 4.78 is 12.6. The monoisotopic (exact) mass is 406 g/mol. The average Bonchev–Trinajstić information content (AvgIpc) is 3.24. The minimum atomic E-state index is -0.250. The first-order valence-electron chi connectivity index (χ1n) is 7.97. The number of fused-ring (bicyclic) bond motifs is 2. The van der Waals surface area contributed by atoms with E-state index in [4.69, 9.17) is 21.1 Å². The third-order valence-electron chi connectivity index (χ3n) is 3.88. The van der Waals surface area contributed by atoms with Crippen LogP contribution >= 0.6 is 34.7 Å². The molecule has 2 heterocycles. The smallest absolute Gasteiger partial charge is 0.233 e. The lowest BCUT2D eigenvalue weighted by Gasteiger charge is -2.10. The number of hydrogen-bond donors (Lipinski definition) is 1. The summed E-state index contributed by atoms with van der Waals surface area (Å²) in [6.45, 7) is 2.56. The van der Waals surface area contributed by atoms with E-state index in [0.717, 1.165) is 25.9 Å². The van der Waals surface area contributed by atoms with Gasteiger partial charge in [0.05, 0.1) is 15.5 Å². The molecule has 3 aromatic rings. The van der Waals surface area contributed by atoms with Crippen molar-refractivity contribution in [1.82, 2.24) is 10.3 Å². The lowest BCUT2D eigenvalue weighted by Crippen LogP contribution is -2.30. The molecule has 134 valence electrons. The number of ether oxygens (including phenoxy) is 2. The van der Waals surface area contributed by atoms with Crippen molar-refractivity contribution >= 4 is 50.8 Å². The van der Waals surface area contributed by atoms with Crippen LogP contribution < -0.4 is 14.8 Å². The summed E-state index contributed by atoms with van der Waals surface area (Å²) in [4.78, 5) is 16.9. The molecule has 0 saturated heterocycles. The van der Waals surface area contributed by atoms with Gasteiger partial charge in [-0.25, -0.2) is 4.98 Å². The summed E-state index contributed by atoms with van der Waals surface area (Å²) in [7, 11) is 0. The lowest BCUT2D eigenvalue weighted by molar-refractivity contribution is -0.120. The van der Waals surface area contributed by atoms with Crippen LogP contribution in [0.25, 0.3) is 10.2 Å². The van der Waals surface area contributed by atoms with Crippen LogP contribution in [0.2, 0.25) is 5.02 Å². The fraction of sp³-hybridized carbons (Fsp3) is 0.222. The number of nitrogens with zero attached hydrogens (tertiary/aromatic N) is 1. The number of benzene rings is 2. The summed E-state index contributed by atoms with van der Waals surface area (Å²) in [6.07, 6.45) is 0. The van der Waals surface area contributed by atoms with Crippen LogP contribution in [-0.2, 0) is 11.3 Å². The second-order valence-electron chi connectivity index (χ2n) is 5.76. The topological polar surface area (TPSA) is 60.5 Å². The Hall–Kier alpha value is -1.96. The second kappa shape index (κ2) is 7.34. The van der Waals surface area contributed by atoms with E-state index in [2.05, 4.69) is 10.3 Å². The normalized spacial score (nSPS) is 13.8. The molecule has 1 N–H and O–H groups in total. The van der Waals surface area contributed by atoms with Gasteiger partial charge in [-0.05, 0) is 42.8 Å². The summed E-state index contributed by atoms with van der Waals surface area (Å²) >= 11 is 9.00. The Kier molecular flexibility index (Phi) is 4.93. The van der Waals surface area contributed by atoms with Gasteiger partial charge in [-0.15, -0.1) is 11.3 Å². The number of nitrogens with one attached hydrogen (secondary N) is 1. The number of halogens is 1. The molecule has 26 heavy (non-hydrogen) atoms. The zero-order valence-corrected chi connectivity index (χ0v) is 16.2. The molecule has 4 rings (SSSR count). The molecule has 0 saturated carbocycles. The second-order valence-corrected chi connectivity index (χ2v) is 8.81. The van der Waals surface area contributed by atoms with Crippen molar-refractivity contribution in [3.63, 3.8) is 0 Å². The van der Waals surface area contributed by atoms with Crippen LogP contribution in [0.4, 0.5) is 0 Å². The number of rotatable bonds is 5. The molecule has 1 aliphatic rings. The van der Waals surface area contributed by atoms with Crippen molar-refractivity contribution in [1.29, 1.82) is 0 Å². The van der Waals surface area contributed by atoms with Gasteiger partial charge in [0.2, 0.25) is 12.7 Å². The van der Waals surface area contributed by atoms with Crippen molar-refractivity contribution in [3.05, 3.63) is 47.0 Å². The highest BCUT2D eigenvalue weighted by molar-refractivity contribution is 8.02. The molecule has 0 bridgehead atoms. The maximum Gasteiger partial charge on any atom is 0.233 e. The van der Waals surface area contributed by atoms with Gasteiger partial charge in [0.15, 0.2) is 15.8 Å². The molecule has 1 aliphatic heterocycles. The van der Waals surface area contributed by atoms with Crippen LogP contribution in [-0.4, -0.2) is 22.9 Å². The molecule has 0 unspecified atom stereocenters. The zero-order chi connectivity index (χ0) is 18.1. The van der Waals surface area contributed by atoms with Gasteiger partial charge in [-0.2, -0.15) is 0 Å². The average molecular weight is 407 g/mol. The highest BCUT2D eigenvalue weighted by Gasteiger charge is 2.18. The number of aromatic nitrogens is 1. The quantitative estimate of drug-likeness (QED) is 0.633. The SMILES string of the molecule is C[C@H](Sc1nc2cc(Cl)ccc2s1)C(=O)NCc1ccc2c(c1)OCO2. The molecule has 0 radical (unpaired) electrons. The number of hydrogen-bond acceptors (Lipinski definition) is 6. The van der Waals surface area contributed by atoms with E-state index in [0.29, 0.717) is 17.3 Å². The van der Waals surface area contributed by atoms with Crippen molar-refractivity contribution in [2.75, 3.05) is 6.79 Å². The maximum absolute atomic E-state index is 12.4. The van der Waals surface area contributed by atoms with Gasteiger partial charge in [0.1, 0.15) is 0 Å². The van der Waals surface area contributed by atoms with E-state index in [9.17, 15) is 4.79 Å². The van der Waals surface area contributed by atoms with E-state index < -0.39 is 0 Å². The Labute approximate surface area is 163 Å². The molecular formula is C18H15ClN2O3S2. The molecule has 5 nitrogen and oxygen atoms in total.